The molecule has 1 aliphatic rings. The zero-order valence-electron chi connectivity index (χ0n) is 14.0. The maximum Gasteiger partial charge on any atom is 0.219 e. The van der Waals surface area contributed by atoms with Crippen LogP contribution >= 0.6 is 0 Å². The predicted octanol–water partition coefficient (Wildman–Crippen LogP) is 3.20. The van der Waals surface area contributed by atoms with Crippen LogP contribution in [0.1, 0.15) is 18.4 Å². The number of benzene rings is 1. The summed E-state index contributed by atoms with van der Waals surface area (Å²) in [7, 11) is -2.94. The molecule has 0 saturated carbocycles. The number of anilines is 1. The minimum Gasteiger partial charge on any atom is -0.439 e. The minimum atomic E-state index is -2.94. The zero-order chi connectivity index (χ0) is 17.2. The summed E-state index contributed by atoms with van der Waals surface area (Å²) in [6.07, 6.45) is 4.44. The summed E-state index contributed by atoms with van der Waals surface area (Å²) >= 11 is 0. The van der Waals surface area contributed by atoms with Crippen molar-refractivity contribution in [2.75, 3.05) is 24.2 Å². The van der Waals surface area contributed by atoms with Crippen LogP contribution in [0.4, 0.5) is 5.69 Å². The number of piperidine rings is 1. The highest BCUT2D eigenvalue weighted by Crippen LogP contribution is 2.28. The lowest BCUT2D eigenvalue weighted by Gasteiger charge is -2.32. The molecule has 2 heterocycles. The molecule has 0 N–H and O–H groups in total. The fourth-order valence-corrected chi connectivity index (χ4v) is 3.99. The van der Waals surface area contributed by atoms with Crippen molar-refractivity contribution in [3.63, 3.8) is 0 Å². The Morgan fingerprint density at radius 2 is 1.92 bits per heavy atom. The van der Waals surface area contributed by atoms with Crippen LogP contribution in [0.15, 0.2) is 42.6 Å². The van der Waals surface area contributed by atoms with Gasteiger partial charge in [-0.1, -0.05) is 12.1 Å². The summed E-state index contributed by atoms with van der Waals surface area (Å²) in [5, 5.41) is -0.218. The smallest absolute Gasteiger partial charge is 0.219 e. The van der Waals surface area contributed by atoms with Crippen LogP contribution in [0, 0.1) is 6.92 Å². The van der Waals surface area contributed by atoms with E-state index in [1.807, 2.05) is 43.3 Å². The molecular weight excluding hydrogens is 324 g/mol. The first-order valence-electron chi connectivity index (χ1n) is 8.06. The first kappa shape index (κ1) is 16.8. The Balaban J connectivity index is 1.69. The van der Waals surface area contributed by atoms with E-state index in [9.17, 15) is 8.42 Å². The molecule has 1 fully saturated rings. The van der Waals surface area contributed by atoms with Crippen molar-refractivity contribution >= 4 is 15.5 Å². The van der Waals surface area contributed by atoms with Crippen LogP contribution in [0.2, 0.25) is 0 Å². The number of nitrogens with zero attached hydrogens (tertiary/aromatic N) is 2. The minimum absolute atomic E-state index is 0.218. The Kier molecular flexibility index (Phi) is 4.76. The van der Waals surface area contributed by atoms with E-state index in [-0.39, 0.29) is 5.25 Å². The molecule has 0 unspecified atom stereocenters. The lowest BCUT2D eigenvalue weighted by atomic mass is 10.1. The van der Waals surface area contributed by atoms with E-state index >= 15 is 0 Å². The van der Waals surface area contributed by atoms with Gasteiger partial charge < -0.3 is 9.64 Å². The van der Waals surface area contributed by atoms with E-state index < -0.39 is 9.84 Å². The van der Waals surface area contributed by atoms with Crippen molar-refractivity contribution in [1.82, 2.24) is 4.98 Å². The van der Waals surface area contributed by atoms with Crippen LogP contribution in [-0.4, -0.2) is 38.0 Å². The molecule has 2 aromatic rings. The summed E-state index contributed by atoms with van der Waals surface area (Å²) < 4.78 is 29.1. The van der Waals surface area contributed by atoms with Gasteiger partial charge >= 0.3 is 0 Å². The highest BCUT2D eigenvalue weighted by molar-refractivity contribution is 7.91. The van der Waals surface area contributed by atoms with Gasteiger partial charge in [0.2, 0.25) is 5.88 Å². The molecule has 3 rings (SSSR count). The molecule has 0 atom stereocenters. The van der Waals surface area contributed by atoms with E-state index in [1.54, 1.807) is 6.20 Å². The number of pyridine rings is 1. The lowest BCUT2D eigenvalue weighted by Crippen LogP contribution is -2.39. The van der Waals surface area contributed by atoms with E-state index in [0.717, 1.165) is 30.1 Å². The summed E-state index contributed by atoms with van der Waals surface area (Å²) in [4.78, 5) is 6.46. The van der Waals surface area contributed by atoms with Crippen molar-refractivity contribution < 1.29 is 13.2 Å². The number of hydrogen-bond donors (Lipinski definition) is 0. The molecule has 1 saturated heterocycles. The largest absolute Gasteiger partial charge is 0.439 e. The SMILES string of the molecule is Cc1ccc(Oc2cccc(N3CCC(S(C)(=O)=O)CC3)c2)nc1. The van der Waals surface area contributed by atoms with Crippen LogP contribution in [0.25, 0.3) is 0 Å². The number of hydrogen-bond acceptors (Lipinski definition) is 5. The summed E-state index contributed by atoms with van der Waals surface area (Å²) in [5.41, 5.74) is 2.14. The fourth-order valence-electron chi connectivity index (χ4n) is 2.92. The van der Waals surface area contributed by atoms with E-state index in [1.165, 1.54) is 6.26 Å². The van der Waals surface area contributed by atoms with Gasteiger partial charge in [0.05, 0.1) is 5.25 Å². The monoisotopic (exact) mass is 346 g/mol. The highest BCUT2D eigenvalue weighted by Gasteiger charge is 2.26. The van der Waals surface area contributed by atoms with Crippen LogP contribution in [0.3, 0.4) is 0 Å². The lowest BCUT2D eigenvalue weighted by molar-refractivity contribution is 0.462. The highest BCUT2D eigenvalue weighted by atomic mass is 32.2. The first-order chi connectivity index (χ1) is 11.4. The normalized spacial score (nSPS) is 16.2. The van der Waals surface area contributed by atoms with Gasteiger partial charge in [0, 0.05) is 43.4 Å². The van der Waals surface area contributed by atoms with Gasteiger partial charge in [-0.05, 0) is 37.5 Å². The van der Waals surface area contributed by atoms with E-state index in [4.69, 9.17) is 4.74 Å². The summed E-state index contributed by atoms with van der Waals surface area (Å²) in [6, 6.07) is 11.6. The van der Waals surface area contributed by atoms with Crippen molar-refractivity contribution in [3.8, 4) is 11.6 Å². The van der Waals surface area contributed by atoms with E-state index in [0.29, 0.717) is 18.7 Å². The maximum absolute atomic E-state index is 11.7. The molecule has 0 bridgehead atoms. The quantitative estimate of drug-likeness (QED) is 0.851. The molecule has 0 amide bonds. The molecule has 128 valence electrons. The molecule has 6 heteroatoms. The first-order valence-corrected chi connectivity index (χ1v) is 10.0. The summed E-state index contributed by atoms with van der Waals surface area (Å²) in [6.45, 7) is 3.46. The van der Waals surface area contributed by atoms with E-state index in [2.05, 4.69) is 9.88 Å². The van der Waals surface area contributed by atoms with Crippen molar-refractivity contribution in [1.29, 1.82) is 0 Å². The average molecular weight is 346 g/mol. The predicted molar refractivity (Wildman–Crippen MR) is 95.6 cm³/mol. The van der Waals surface area contributed by atoms with Gasteiger partial charge in [0.25, 0.3) is 0 Å². The number of rotatable bonds is 4. The van der Waals surface area contributed by atoms with Crippen molar-refractivity contribution in [3.05, 3.63) is 48.2 Å². The fraction of sp³-hybridized carbons (Fsp3) is 0.389. The molecule has 5 nitrogen and oxygen atoms in total. The third-order valence-corrected chi connectivity index (χ3v) is 6.02. The third-order valence-electron chi connectivity index (χ3n) is 4.34. The van der Waals surface area contributed by atoms with Gasteiger partial charge in [-0.25, -0.2) is 13.4 Å². The molecule has 1 aromatic carbocycles. The van der Waals surface area contributed by atoms with Crippen LogP contribution in [0.5, 0.6) is 11.6 Å². The van der Waals surface area contributed by atoms with Crippen molar-refractivity contribution in [2.24, 2.45) is 0 Å². The van der Waals surface area contributed by atoms with Crippen LogP contribution in [-0.2, 0) is 9.84 Å². The Morgan fingerprint density at radius 3 is 2.54 bits per heavy atom. The van der Waals surface area contributed by atoms with Gasteiger partial charge in [-0.15, -0.1) is 0 Å². The Labute approximate surface area is 143 Å². The third kappa shape index (κ3) is 4.06. The topological polar surface area (TPSA) is 59.5 Å². The second-order valence-electron chi connectivity index (χ2n) is 6.29. The molecule has 0 spiro atoms. The molecule has 24 heavy (non-hydrogen) atoms. The molecule has 1 aromatic heterocycles. The van der Waals surface area contributed by atoms with Gasteiger partial charge in [-0.3, -0.25) is 0 Å². The second kappa shape index (κ2) is 6.81. The maximum atomic E-state index is 11.7. The molecule has 0 radical (unpaired) electrons. The summed E-state index contributed by atoms with van der Waals surface area (Å²) in [5.74, 6) is 1.29. The van der Waals surface area contributed by atoms with Gasteiger partial charge in [-0.2, -0.15) is 0 Å². The molecular formula is C18H22N2O3S. The zero-order valence-corrected chi connectivity index (χ0v) is 14.8. The van der Waals surface area contributed by atoms with Gasteiger partial charge in [0.15, 0.2) is 0 Å². The van der Waals surface area contributed by atoms with Crippen molar-refractivity contribution in [2.45, 2.75) is 25.0 Å². The number of aryl methyl sites for hydroxylation is 1. The number of sulfone groups is 1. The Bertz CT molecular complexity index is 795. The number of aromatic nitrogens is 1. The molecule has 1 aliphatic heterocycles. The van der Waals surface area contributed by atoms with Crippen LogP contribution < -0.4 is 9.64 Å². The standard InChI is InChI=1S/C18H22N2O3S/c1-14-6-7-18(19-13-14)23-16-5-3-4-15(12-16)20-10-8-17(9-11-20)24(2,21)22/h3-7,12-13,17H,8-11H2,1-2H3. The Morgan fingerprint density at radius 1 is 1.17 bits per heavy atom. The molecule has 0 aliphatic carbocycles. The Hall–Kier alpha value is -2.08. The number of ether oxygens (including phenoxy) is 1. The van der Waals surface area contributed by atoms with Gasteiger partial charge in [0.1, 0.15) is 15.6 Å². The average Bonchev–Trinajstić information content (AvgIpc) is 2.57. The second-order valence-corrected chi connectivity index (χ2v) is 8.61.